The smallest absolute Gasteiger partial charge is 0.159 e. The fraction of sp³-hybridized carbons (Fsp3) is 0.828. The molecule has 0 unspecified atom stereocenters. The molecule has 0 aromatic rings. The normalized spacial score (nSPS) is 44.6. The van der Waals surface area contributed by atoms with Crippen molar-refractivity contribution in [3.63, 3.8) is 0 Å². The standard InChI is InChI=1S/C29H46O2/c1-7-20(18(2)3)9-8-19(4)23-10-11-24-27-25(13-15-29(23,24)6)28(5)14-12-22(30)16-21(28)17-26(27)31/h8-9,17-20,22-25,27,30H,7,10-16H2,1-6H3/t19-,20+,22-,23+,24-,25-,27-,28-,29+/m0/s1. The molecule has 9 atom stereocenters. The Balaban J connectivity index is 1.57. The number of carbonyl (C=O) groups is 1. The SMILES string of the molecule is CC[C@H](C=C[C@H](C)[C@H]1CC[C@H]2[C@@H]3C(=O)C=C4C[C@@H](O)CC[C@]4(C)[C@H]3CC[C@]12C)C(C)C. The van der Waals surface area contributed by atoms with Crippen molar-refractivity contribution in [2.45, 2.75) is 99.0 Å². The van der Waals surface area contributed by atoms with Crippen LogP contribution in [0.4, 0.5) is 0 Å². The van der Waals surface area contributed by atoms with E-state index in [1.807, 2.05) is 6.08 Å². The highest BCUT2D eigenvalue weighted by molar-refractivity contribution is 5.94. The molecule has 4 aliphatic rings. The first kappa shape index (κ1) is 23.3. The number of fused-ring (bicyclic) bond motifs is 5. The molecular formula is C29H46O2. The molecule has 1 N–H and O–H groups in total. The van der Waals surface area contributed by atoms with Gasteiger partial charge < -0.3 is 5.11 Å². The third-order valence-electron chi connectivity index (χ3n) is 10.6. The fourth-order valence-electron chi connectivity index (χ4n) is 8.57. The maximum Gasteiger partial charge on any atom is 0.159 e. The molecule has 174 valence electrons. The van der Waals surface area contributed by atoms with E-state index in [0.717, 1.165) is 12.8 Å². The molecule has 3 fully saturated rings. The minimum Gasteiger partial charge on any atom is -0.393 e. The van der Waals surface area contributed by atoms with Crippen LogP contribution in [0.25, 0.3) is 0 Å². The van der Waals surface area contributed by atoms with Crippen LogP contribution in [0.15, 0.2) is 23.8 Å². The molecular weight excluding hydrogens is 380 g/mol. The molecule has 3 saturated carbocycles. The van der Waals surface area contributed by atoms with Gasteiger partial charge in [-0.2, -0.15) is 0 Å². The van der Waals surface area contributed by atoms with Crippen LogP contribution in [-0.2, 0) is 4.79 Å². The molecule has 4 rings (SSSR count). The number of aliphatic hydroxyl groups is 1. The summed E-state index contributed by atoms with van der Waals surface area (Å²) in [4.78, 5) is 13.5. The van der Waals surface area contributed by atoms with Crippen molar-refractivity contribution < 1.29 is 9.90 Å². The Morgan fingerprint density at radius 3 is 2.48 bits per heavy atom. The summed E-state index contributed by atoms with van der Waals surface area (Å²) in [5.74, 6) is 4.27. The highest BCUT2D eigenvalue weighted by Gasteiger charge is 2.61. The van der Waals surface area contributed by atoms with Crippen LogP contribution < -0.4 is 0 Å². The third-order valence-corrected chi connectivity index (χ3v) is 10.6. The van der Waals surface area contributed by atoms with Crippen LogP contribution in [0.1, 0.15) is 92.9 Å². The first-order valence-corrected chi connectivity index (χ1v) is 13.2. The number of hydrogen-bond donors (Lipinski definition) is 1. The van der Waals surface area contributed by atoms with Crippen LogP contribution in [-0.4, -0.2) is 17.0 Å². The van der Waals surface area contributed by atoms with Crippen LogP contribution in [0, 0.1) is 52.3 Å². The predicted molar refractivity (Wildman–Crippen MR) is 129 cm³/mol. The molecule has 0 bridgehead atoms. The number of allylic oxidation sites excluding steroid dienone is 3. The Morgan fingerprint density at radius 2 is 1.81 bits per heavy atom. The van der Waals surface area contributed by atoms with Crippen LogP contribution in [0.2, 0.25) is 0 Å². The summed E-state index contributed by atoms with van der Waals surface area (Å²) < 4.78 is 0. The van der Waals surface area contributed by atoms with Crippen LogP contribution in [0.3, 0.4) is 0 Å². The molecule has 0 aliphatic heterocycles. The average Bonchev–Trinajstić information content (AvgIpc) is 3.06. The number of rotatable bonds is 5. The van der Waals surface area contributed by atoms with Crippen molar-refractivity contribution in [2.24, 2.45) is 52.3 Å². The van der Waals surface area contributed by atoms with E-state index in [4.69, 9.17) is 0 Å². The highest BCUT2D eigenvalue weighted by atomic mass is 16.3. The molecule has 2 heteroatoms. The van der Waals surface area contributed by atoms with Gasteiger partial charge in [-0.25, -0.2) is 0 Å². The van der Waals surface area contributed by atoms with Crippen molar-refractivity contribution in [1.82, 2.24) is 0 Å². The monoisotopic (exact) mass is 426 g/mol. The third kappa shape index (κ3) is 3.79. The van der Waals surface area contributed by atoms with Gasteiger partial charge in [0.15, 0.2) is 5.78 Å². The number of carbonyl (C=O) groups excluding carboxylic acids is 1. The van der Waals surface area contributed by atoms with Crippen molar-refractivity contribution in [3.8, 4) is 0 Å². The summed E-state index contributed by atoms with van der Waals surface area (Å²) in [6.07, 6.45) is 15.6. The first-order valence-electron chi connectivity index (χ1n) is 13.2. The Bertz CT molecular complexity index is 748. The Labute approximate surface area is 191 Å². The lowest BCUT2D eigenvalue weighted by Crippen LogP contribution is -2.53. The first-order chi connectivity index (χ1) is 14.6. The van der Waals surface area contributed by atoms with Gasteiger partial charge >= 0.3 is 0 Å². The van der Waals surface area contributed by atoms with Gasteiger partial charge in [0.2, 0.25) is 0 Å². The van der Waals surface area contributed by atoms with Gasteiger partial charge in [-0.3, -0.25) is 4.79 Å². The maximum atomic E-state index is 13.5. The van der Waals surface area contributed by atoms with E-state index < -0.39 is 0 Å². The van der Waals surface area contributed by atoms with Crippen molar-refractivity contribution in [3.05, 3.63) is 23.8 Å². The molecule has 0 saturated heterocycles. The molecule has 0 amide bonds. The van der Waals surface area contributed by atoms with E-state index in [-0.39, 0.29) is 22.9 Å². The summed E-state index contributed by atoms with van der Waals surface area (Å²) in [5.41, 5.74) is 1.68. The molecule has 0 aromatic carbocycles. The molecule has 4 aliphatic carbocycles. The fourth-order valence-corrected chi connectivity index (χ4v) is 8.57. The quantitative estimate of drug-likeness (QED) is 0.481. The van der Waals surface area contributed by atoms with Crippen molar-refractivity contribution in [2.75, 3.05) is 0 Å². The van der Waals surface area contributed by atoms with Gasteiger partial charge in [-0.15, -0.1) is 0 Å². The summed E-state index contributed by atoms with van der Waals surface area (Å²) in [6.45, 7) is 14.3. The lowest BCUT2D eigenvalue weighted by molar-refractivity contribution is -0.134. The van der Waals surface area contributed by atoms with Crippen LogP contribution >= 0.6 is 0 Å². The summed E-state index contributed by atoms with van der Waals surface area (Å²) in [7, 11) is 0. The van der Waals surface area contributed by atoms with Gasteiger partial charge in [-0.05, 0) is 104 Å². The Hall–Kier alpha value is -0.890. The Morgan fingerprint density at radius 1 is 1.06 bits per heavy atom. The lowest BCUT2D eigenvalue weighted by Gasteiger charge is -2.57. The van der Waals surface area contributed by atoms with Crippen LogP contribution in [0.5, 0.6) is 0 Å². The van der Waals surface area contributed by atoms with Crippen molar-refractivity contribution in [1.29, 1.82) is 0 Å². The number of aliphatic hydroxyl groups excluding tert-OH is 1. The zero-order chi connectivity index (χ0) is 22.6. The van der Waals surface area contributed by atoms with E-state index >= 15 is 0 Å². The molecule has 0 heterocycles. The molecule has 31 heavy (non-hydrogen) atoms. The zero-order valence-corrected chi connectivity index (χ0v) is 20.9. The number of ketones is 1. The lowest BCUT2D eigenvalue weighted by atomic mass is 9.46. The largest absolute Gasteiger partial charge is 0.393 e. The predicted octanol–water partition coefficient (Wildman–Crippen LogP) is 6.98. The molecule has 0 radical (unpaired) electrons. The molecule has 2 nitrogen and oxygen atoms in total. The van der Waals surface area contributed by atoms with E-state index in [9.17, 15) is 9.90 Å². The maximum absolute atomic E-state index is 13.5. The van der Waals surface area contributed by atoms with Gasteiger partial charge in [-0.1, -0.05) is 59.3 Å². The van der Waals surface area contributed by atoms with Crippen molar-refractivity contribution >= 4 is 5.78 Å². The second-order valence-electron chi connectivity index (χ2n) is 12.4. The second kappa shape index (κ2) is 8.47. The molecule has 0 spiro atoms. The topological polar surface area (TPSA) is 37.3 Å². The van der Waals surface area contributed by atoms with Gasteiger partial charge in [0.05, 0.1) is 6.10 Å². The second-order valence-corrected chi connectivity index (χ2v) is 12.4. The van der Waals surface area contributed by atoms with Gasteiger partial charge in [0, 0.05) is 5.92 Å². The summed E-state index contributed by atoms with van der Waals surface area (Å²) in [6, 6.07) is 0. The van der Waals surface area contributed by atoms with E-state index in [0.29, 0.717) is 47.7 Å². The van der Waals surface area contributed by atoms with Gasteiger partial charge in [0.25, 0.3) is 0 Å². The zero-order valence-electron chi connectivity index (χ0n) is 20.9. The Kier molecular flexibility index (Phi) is 6.36. The van der Waals surface area contributed by atoms with E-state index in [1.165, 1.54) is 37.7 Å². The van der Waals surface area contributed by atoms with Gasteiger partial charge in [0.1, 0.15) is 0 Å². The molecule has 0 aromatic heterocycles. The van der Waals surface area contributed by atoms with E-state index in [2.05, 4.69) is 53.7 Å². The summed E-state index contributed by atoms with van der Waals surface area (Å²) in [5, 5.41) is 10.2. The highest BCUT2D eigenvalue weighted by Crippen LogP contribution is 2.66. The minimum atomic E-state index is -0.251. The van der Waals surface area contributed by atoms with E-state index in [1.54, 1.807) is 0 Å². The summed E-state index contributed by atoms with van der Waals surface area (Å²) >= 11 is 0. The number of hydrogen-bond acceptors (Lipinski definition) is 2. The average molecular weight is 427 g/mol. The minimum absolute atomic E-state index is 0.133.